The van der Waals surface area contributed by atoms with Gasteiger partial charge in [0.2, 0.25) is 5.95 Å². The highest BCUT2D eigenvalue weighted by Gasteiger charge is 2.33. The minimum absolute atomic E-state index is 0.0931. The van der Waals surface area contributed by atoms with Crippen LogP contribution < -0.4 is 10.6 Å². The lowest BCUT2D eigenvalue weighted by molar-refractivity contribution is -0.141. The third-order valence-corrected chi connectivity index (χ3v) is 2.83. The molecule has 9 heteroatoms. The zero-order valence-corrected chi connectivity index (χ0v) is 12.9. The molecule has 0 aliphatic heterocycles. The smallest absolute Gasteiger partial charge is 0.366 e. The monoisotopic (exact) mass is 346 g/mol. The number of benzene rings is 1. The Morgan fingerprint density at radius 1 is 1.00 bits per heavy atom. The molecule has 0 aliphatic rings. The summed E-state index contributed by atoms with van der Waals surface area (Å²) < 4.78 is 65.0. The van der Waals surface area contributed by atoms with Gasteiger partial charge in [0, 0.05) is 24.7 Å². The van der Waals surface area contributed by atoms with Crippen LogP contribution in [0.4, 0.5) is 33.7 Å². The molecule has 2 N–H and O–H groups in total. The van der Waals surface area contributed by atoms with Crippen molar-refractivity contribution < 1.29 is 22.0 Å². The molecule has 1 heterocycles. The van der Waals surface area contributed by atoms with E-state index in [1.54, 1.807) is 13.8 Å². The number of nitrogens with one attached hydrogen (secondary N) is 2. The number of anilines is 2. The van der Waals surface area contributed by atoms with E-state index in [2.05, 4.69) is 20.6 Å². The van der Waals surface area contributed by atoms with Gasteiger partial charge in [0.1, 0.15) is 17.5 Å². The zero-order chi connectivity index (χ0) is 17.9. The molecule has 2 aromatic rings. The van der Waals surface area contributed by atoms with Crippen LogP contribution in [0.15, 0.2) is 24.3 Å². The van der Waals surface area contributed by atoms with Gasteiger partial charge in [0.15, 0.2) is 5.69 Å². The molecule has 1 aromatic heterocycles. The lowest BCUT2D eigenvalue weighted by Gasteiger charge is -2.14. The van der Waals surface area contributed by atoms with Gasteiger partial charge in [-0.05, 0) is 31.5 Å². The Bertz CT molecular complexity index is 695. The summed E-state index contributed by atoms with van der Waals surface area (Å²) in [4.78, 5) is 7.35. The molecule has 0 unspecified atom stereocenters. The molecule has 0 bridgehead atoms. The van der Waals surface area contributed by atoms with Crippen LogP contribution in [-0.2, 0) is 12.7 Å². The van der Waals surface area contributed by atoms with Crippen LogP contribution in [0.3, 0.4) is 0 Å². The molecule has 0 fully saturated rings. The molecule has 0 radical (unpaired) electrons. The summed E-state index contributed by atoms with van der Waals surface area (Å²) in [6.07, 6.45) is -4.64. The Hall–Kier alpha value is -2.45. The van der Waals surface area contributed by atoms with E-state index in [-0.39, 0.29) is 29.9 Å². The van der Waals surface area contributed by atoms with Crippen LogP contribution in [-0.4, -0.2) is 16.0 Å². The number of rotatable bonds is 5. The molecule has 0 aliphatic carbocycles. The first-order valence-electron chi connectivity index (χ1n) is 7.05. The second kappa shape index (κ2) is 6.98. The van der Waals surface area contributed by atoms with Crippen LogP contribution in [0, 0.1) is 11.6 Å². The van der Waals surface area contributed by atoms with E-state index >= 15 is 0 Å². The first-order chi connectivity index (χ1) is 11.1. The Balaban J connectivity index is 2.24. The molecule has 0 amide bonds. The van der Waals surface area contributed by atoms with E-state index in [9.17, 15) is 22.0 Å². The molecule has 24 heavy (non-hydrogen) atoms. The quantitative estimate of drug-likeness (QED) is 0.797. The summed E-state index contributed by atoms with van der Waals surface area (Å²) in [5.74, 6) is -1.84. The third-order valence-electron chi connectivity index (χ3n) is 2.83. The number of halogens is 5. The van der Waals surface area contributed by atoms with Crippen molar-refractivity contribution in [2.45, 2.75) is 32.6 Å². The van der Waals surface area contributed by atoms with E-state index in [0.717, 1.165) is 18.2 Å². The Morgan fingerprint density at radius 3 is 2.17 bits per heavy atom. The highest BCUT2D eigenvalue weighted by Crippen LogP contribution is 2.29. The van der Waals surface area contributed by atoms with Gasteiger partial charge in [0.05, 0.1) is 0 Å². The largest absolute Gasteiger partial charge is 0.433 e. The fourth-order valence-corrected chi connectivity index (χ4v) is 1.91. The van der Waals surface area contributed by atoms with Crippen molar-refractivity contribution in [1.82, 2.24) is 9.97 Å². The van der Waals surface area contributed by atoms with Crippen LogP contribution in [0.1, 0.15) is 25.1 Å². The number of hydrogen-bond acceptors (Lipinski definition) is 4. The molecule has 0 saturated carbocycles. The van der Waals surface area contributed by atoms with Crippen molar-refractivity contribution in [2.75, 3.05) is 10.6 Å². The molecular formula is C15H15F5N4. The first kappa shape index (κ1) is 17.9. The molecule has 1 aromatic carbocycles. The van der Waals surface area contributed by atoms with Gasteiger partial charge < -0.3 is 10.6 Å². The molecule has 2 rings (SSSR count). The molecule has 0 spiro atoms. The van der Waals surface area contributed by atoms with E-state index < -0.39 is 23.5 Å². The number of aromatic nitrogens is 2. The summed E-state index contributed by atoms with van der Waals surface area (Å²) in [5.41, 5.74) is -0.883. The van der Waals surface area contributed by atoms with Gasteiger partial charge >= 0.3 is 6.18 Å². The minimum Gasteiger partial charge on any atom is -0.366 e. The van der Waals surface area contributed by atoms with Gasteiger partial charge in [-0.1, -0.05) is 0 Å². The minimum atomic E-state index is -4.64. The van der Waals surface area contributed by atoms with Crippen LogP contribution in [0.25, 0.3) is 0 Å². The summed E-state index contributed by atoms with van der Waals surface area (Å²) >= 11 is 0. The van der Waals surface area contributed by atoms with Crippen molar-refractivity contribution in [3.8, 4) is 0 Å². The number of nitrogens with zero attached hydrogens (tertiary/aromatic N) is 2. The van der Waals surface area contributed by atoms with Crippen molar-refractivity contribution >= 4 is 11.8 Å². The SMILES string of the molecule is CC(C)Nc1nc(NCc2cc(F)cc(F)c2)cc(C(F)(F)F)n1. The summed E-state index contributed by atoms with van der Waals surface area (Å²) in [6.45, 7) is 3.36. The maximum atomic E-state index is 13.1. The topological polar surface area (TPSA) is 49.8 Å². The average molecular weight is 346 g/mol. The van der Waals surface area contributed by atoms with Gasteiger partial charge in [-0.25, -0.2) is 13.8 Å². The van der Waals surface area contributed by atoms with E-state index in [1.807, 2.05) is 0 Å². The van der Waals surface area contributed by atoms with E-state index in [4.69, 9.17) is 0 Å². The predicted octanol–water partition coefficient (Wildman–Crippen LogP) is 4.21. The molecular weight excluding hydrogens is 331 g/mol. The highest BCUT2D eigenvalue weighted by molar-refractivity contribution is 5.44. The van der Waals surface area contributed by atoms with Crippen LogP contribution >= 0.6 is 0 Å². The van der Waals surface area contributed by atoms with Crippen molar-refractivity contribution in [3.05, 3.63) is 47.2 Å². The van der Waals surface area contributed by atoms with Gasteiger partial charge in [-0.2, -0.15) is 18.2 Å². The van der Waals surface area contributed by atoms with Crippen LogP contribution in [0.2, 0.25) is 0 Å². The van der Waals surface area contributed by atoms with Gasteiger partial charge in [-0.15, -0.1) is 0 Å². The number of hydrogen-bond donors (Lipinski definition) is 2. The zero-order valence-electron chi connectivity index (χ0n) is 12.9. The van der Waals surface area contributed by atoms with Gasteiger partial charge in [-0.3, -0.25) is 0 Å². The van der Waals surface area contributed by atoms with E-state index in [1.165, 1.54) is 0 Å². The normalized spacial score (nSPS) is 11.7. The van der Waals surface area contributed by atoms with Gasteiger partial charge in [0.25, 0.3) is 0 Å². The van der Waals surface area contributed by atoms with E-state index in [0.29, 0.717) is 6.07 Å². The summed E-state index contributed by atoms with van der Waals surface area (Å²) in [7, 11) is 0. The Morgan fingerprint density at radius 2 is 1.62 bits per heavy atom. The third kappa shape index (κ3) is 5.04. The summed E-state index contributed by atoms with van der Waals surface area (Å²) in [5, 5.41) is 5.31. The maximum absolute atomic E-state index is 13.1. The first-order valence-corrected chi connectivity index (χ1v) is 7.05. The molecule has 0 atom stereocenters. The lowest BCUT2D eigenvalue weighted by atomic mass is 10.2. The Labute approximate surface area is 135 Å². The second-order valence-electron chi connectivity index (χ2n) is 5.39. The van der Waals surface area contributed by atoms with Crippen molar-refractivity contribution in [1.29, 1.82) is 0 Å². The number of alkyl halides is 3. The highest BCUT2D eigenvalue weighted by atomic mass is 19.4. The fourth-order valence-electron chi connectivity index (χ4n) is 1.91. The molecule has 4 nitrogen and oxygen atoms in total. The van der Waals surface area contributed by atoms with Crippen molar-refractivity contribution in [3.63, 3.8) is 0 Å². The van der Waals surface area contributed by atoms with Crippen molar-refractivity contribution in [2.24, 2.45) is 0 Å². The lowest BCUT2D eigenvalue weighted by Crippen LogP contribution is -2.17. The Kier molecular flexibility index (Phi) is 5.20. The molecule has 0 saturated heterocycles. The standard InChI is InChI=1S/C15H15F5N4/c1-8(2)22-14-23-12(15(18,19)20)6-13(24-14)21-7-9-3-10(16)5-11(17)4-9/h3-6,8H,7H2,1-2H3,(H2,21,22,23,24). The van der Waals surface area contributed by atoms with Crippen LogP contribution in [0.5, 0.6) is 0 Å². The average Bonchev–Trinajstić information content (AvgIpc) is 2.42. The summed E-state index contributed by atoms with van der Waals surface area (Å²) in [6, 6.07) is 3.44. The fraction of sp³-hybridized carbons (Fsp3) is 0.333. The maximum Gasteiger partial charge on any atom is 0.433 e. The second-order valence-corrected chi connectivity index (χ2v) is 5.39. The predicted molar refractivity (Wildman–Crippen MR) is 79.5 cm³/mol. The molecule has 130 valence electrons.